The second kappa shape index (κ2) is 7.29. The third kappa shape index (κ3) is 4.49. The van der Waals surface area contributed by atoms with E-state index in [1.54, 1.807) is 12.1 Å². The van der Waals surface area contributed by atoms with E-state index in [1.165, 1.54) is 22.7 Å². The van der Waals surface area contributed by atoms with Crippen LogP contribution in [0.4, 0.5) is 10.1 Å². The summed E-state index contributed by atoms with van der Waals surface area (Å²) in [6.45, 7) is 3.67. The Morgan fingerprint density at radius 2 is 1.76 bits per heavy atom. The number of sulfonamides is 1. The topological polar surface area (TPSA) is 60.9 Å². The van der Waals surface area contributed by atoms with Gasteiger partial charge in [-0.25, -0.2) is 17.1 Å². The monoisotopic (exact) mass is 369 g/mol. The van der Waals surface area contributed by atoms with Crippen molar-refractivity contribution in [1.29, 1.82) is 0 Å². The highest BCUT2D eigenvalue weighted by Crippen LogP contribution is 2.23. The summed E-state index contributed by atoms with van der Waals surface area (Å²) in [4.78, 5) is 16.5. The van der Waals surface area contributed by atoms with Gasteiger partial charge in [-0.3, -0.25) is 4.79 Å². The second-order valence-corrected chi connectivity index (χ2v) is 8.81. The zero-order valence-corrected chi connectivity index (χ0v) is 15.2. The molecule has 0 radical (unpaired) electrons. The first-order chi connectivity index (χ1) is 11.8. The van der Waals surface area contributed by atoms with E-state index in [1.807, 2.05) is 4.90 Å². The molecule has 0 bridgehead atoms. The van der Waals surface area contributed by atoms with Gasteiger partial charge in [-0.2, -0.15) is 0 Å². The third-order valence-corrected chi connectivity index (χ3v) is 6.27. The molecule has 0 aromatic heterocycles. The second-order valence-electron chi connectivity index (χ2n) is 6.82. The summed E-state index contributed by atoms with van der Waals surface area (Å²) in [6, 6.07) is 6.40. The lowest BCUT2D eigenvalue weighted by atomic mass is 10.0. The van der Waals surface area contributed by atoms with Crippen LogP contribution in [-0.2, 0) is 14.8 Å². The van der Waals surface area contributed by atoms with Gasteiger partial charge in [-0.15, -0.1) is 0 Å². The predicted molar refractivity (Wildman–Crippen MR) is 94.3 cm³/mol. The molecule has 0 aliphatic carbocycles. The Labute approximate surface area is 148 Å². The van der Waals surface area contributed by atoms with Gasteiger partial charge < -0.3 is 9.80 Å². The molecule has 2 saturated heterocycles. The zero-order chi connectivity index (χ0) is 18.0. The van der Waals surface area contributed by atoms with Crippen LogP contribution in [-0.4, -0.2) is 69.1 Å². The lowest BCUT2D eigenvalue weighted by Crippen LogP contribution is -2.49. The zero-order valence-electron chi connectivity index (χ0n) is 14.4. The molecular formula is C17H24FN3O3S. The smallest absolute Gasteiger partial charge is 0.223 e. The van der Waals surface area contributed by atoms with Crippen molar-refractivity contribution in [3.05, 3.63) is 30.1 Å². The van der Waals surface area contributed by atoms with E-state index >= 15 is 0 Å². The van der Waals surface area contributed by atoms with Gasteiger partial charge >= 0.3 is 0 Å². The fourth-order valence-corrected chi connectivity index (χ4v) is 4.43. The molecule has 1 aromatic carbocycles. The summed E-state index contributed by atoms with van der Waals surface area (Å²) >= 11 is 0. The maximum atomic E-state index is 13.0. The van der Waals surface area contributed by atoms with Gasteiger partial charge in [0.25, 0.3) is 0 Å². The van der Waals surface area contributed by atoms with Gasteiger partial charge in [0, 0.05) is 51.4 Å². The minimum Gasteiger partial charge on any atom is -0.368 e. The molecule has 2 aliphatic heterocycles. The fraction of sp³-hybridized carbons (Fsp3) is 0.588. The van der Waals surface area contributed by atoms with Gasteiger partial charge in [-0.1, -0.05) is 0 Å². The number of hydrogen-bond acceptors (Lipinski definition) is 4. The molecule has 6 nitrogen and oxygen atoms in total. The Kier molecular flexibility index (Phi) is 5.29. The first kappa shape index (κ1) is 18.1. The highest BCUT2D eigenvalue weighted by atomic mass is 32.2. The molecular weight excluding hydrogens is 345 g/mol. The maximum Gasteiger partial charge on any atom is 0.223 e. The number of benzene rings is 1. The van der Waals surface area contributed by atoms with E-state index in [-0.39, 0.29) is 17.6 Å². The van der Waals surface area contributed by atoms with Crippen LogP contribution in [0.15, 0.2) is 24.3 Å². The van der Waals surface area contributed by atoms with Crippen molar-refractivity contribution in [2.75, 3.05) is 50.4 Å². The molecule has 0 saturated carbocycles. The van der Waals surface area contributed by atoms with Crippen LogP contribution in [0, 0.1) is 11.7 Å². The number of hydrogen-bond donors (Lipinski definition) is 0. The first-order valence-corrected chi connectivity index (χ1v) is 10.4. The van der Waals surface area contributed by atoms with Crippen molar-refractivity contribution in [2.24, 2.45) is 5.92 Å². The average molecular weight is 369 g/mol. The van der Waals surface area contributed by atoms with Gasteiger partial charge in [-0.05, 0) is 36.6 Å². The lowest BCUT2D eigenvalue weighted by Gasteiger charge is -2.36. The first-order valence-electron chi connectivity index (χ1n) is 8.56. The number of halogens is 1. The minimum atomic E-state index is -3.16. The van der Waals surface area contributed by atoms with Crippen LogP contribution in [0.3, 0.4) is 0 Å². The Morgan fingerprint density at radius 3 is 2.32 bits per heavy atom. The number of nitrogens with zero attached hydrogens (tertiary/aromatic N) is 3. The molecule has 2 heterocycles. The molecule has 1 aromatic rings. The highest BCUT2D eigenvalue weighted by Gasteiger charge is 2.31. The average Bonchev–Trinajstić information content (AvgIpc) is 3.04. The summed E-state index contributed by atoms with van der Waals surface area (Å²) in [6.07, 6.45) is 2.36. The quantitative estimate of drug-likeness (QED) is 0.799. The molecule has 8 heteroatoms. The highest BCUT2D eigenvalue weighted by molar-refractivity contribution is 7.88. The molecule has 1 atom stereocenters. The number of carbonyl (C=O) groups excluding carboxylic acids is 1. The van der Waals surface area contributed by atoms with Crippen LogP contribution < -0.4 is 4.90 Å². The van der Waals surface area contributed by atoms with E-state index in [2.05, 4.69) is 4.90 Å². The van der Waals surface area contributed by atoms with Gasteiger partial charge in [0.1, 0.15) is 5.82 Å². The Hall–Kier alpha value is -1.67. The van der Waals surface area contributed by atoms with Crippen LogP contribution in [0.2, 0.25) is 0 Å². The number of carbonyl (C=O) groups is 1. The van der Waals surface area contributed by atoms with Gasteiger partial charge in [0.2, 0.25) is 15.9 Å². The summed E-state index contributed by atoms with van der Waals surface area (Å²) < 4.78 is 37.6. The summed E-state index contributed by atoms with van der Waals surface area (Å²) in [5, 5.41) is 0. The molecule has 138 valence electrons. The van der Waals surface area contributed by atoms with Crippen molar-refractivity contribution >= 4 is 21.6 Å². The normalized spacial score (nSPS) is 22.4. The van der Waals surface area contributed by atoms with Crippen molar-refractivity contribution in [1.82, 2.24) is 9.21 Å². The standard InChI is InChI=1S/C17H24FN3O3S/c1-25(23,24)21-7-6-14(13-21)12-17(22)20-10-8-19(9-11-20)16-4-2-15(18)3-5-16/h2-5,14H,6-13H2,1H3. The number of anilines is 1. The van der Waals surface area contributed by atoms with Crippen LogP contribution >= 0.6 is 0 Å². The molecule has 3 rings (SSSR count). The molecule has 0 N–H and O–H groups in total. The Bertz CT molecular complexity index is 715. The Morgan fingerprint density at radius 1 is 1.12 bits per heavy atom. The van der Waals surface area contributed by atoms with Crippen LogP contribution in [0.5, 0.6) is 0 Å². The molecule has 2 aliphatic rings. The summed E-state index contributed by atoms with van der Waals surface area (Å²) in [5.74, 6) is -0.0475. The fourth-order valence-electron chi connectivity index (χ4n) is 3.51. The van der Waals surface area contributed by atoms with Gasteiger partial charge in [0.05, 0.1) is 6.26 Å². The molecule has 25 heavy (non-hydrogen) atoms. The van der Waals surface area contributed by atoms with E-state index in [4.69, 9.17) is 0 Å². The molecule has 1 unspecified atom stereocenters. The number of amides is 1. The van der Waals surface area contributed by atoms with Crippen LogP contribution in [0.25, 0.3) is 0 Å². The number of piperazine rings is 1. The Balaban J connectivity index is 1.48. The van der Waals surface area contributed by atoms with Crippen LogP contribution in [0.1, 0.15) is 12.8 Å². The lowest BCUT2D eigenvalue weighted by molar-refractivity contribution is -0.132. The van der Waals surface area contributed by atoms with Crippen molar-refractivity contribution < 1.29 is 17.6 Å². The van der Waals surface area contributed by atoms with Crippen molar-refractivity contribution in [2.45, 2.75) is 12.8 Å². The van der Waals surface area contributed by atoms with E-state index < -0.39 is 10.0 Å². The van der Waals surface area contributed by atoms with Crippen molar-refractivity contribution in [3.8, 4) is 0 Å². The molecule has 0 spiro atoms. The molecule has 1 amide bonds. The summed E-state index contributed by atoms with van der Waals surface area (Å²) in [7, 11) is -3.16. The minimum absolute atomic E-state index is 0.0964. The van der Waals surface area contributed by atoms with E-state index in [9.17, 15) is 17.6 Å². The summed E-state index contributed by atoms with van der Waals surface area (Å²) in [5.41, 5.74) is 0.966. The SMILES string of the molecule is CS(=O)(=O)N1CCC(CC(=O)N2CCN(c3ccc(F)cc3)CC2)C1. The van der Waals surface area contributed by atoms with E-state index in [0.29, 0.717) is 32.6 Å². The van der Waals surface area contributed by atoms with E-state index in [0.717, 1.165) is 25.2 Å². The van der Waals surface area contributed by atoms with Gasteiger partial charge in [0.15, 0.2) is 0 Å². The largest absolute Gasteiger partial charge is 0.368 e. The maximum absolute atomic E-state index is 13.0. The molecule has 2 fully saturated rings. The number of rotatable bonds is 4. The predicted octanol–water partition coefficient (Wildman–Crippen LogP) is 1.15. The van der Waals surface area contributed by atoms with Crippen molar-refractivity contribution in [3.63, 3.8) is 0 Å². The third-order valence-electron chi connectivity index (χ3n) is 5.01.